The maximum atomic E-state index is 5.75. The van der Waals surface area contributed by atoms with Crippen LogP contribution < -0.4 is 0 Å². The van der Waals surface area contributed by atoms with Crippen molar-refractivity contribution in [1.82, 2.24) is 4.90 Å². The molecule has 3 unspecified atom stereocenters. The monoisotopic (exact) mass is 279 g/mol. The fourth-order valence-corrected chi connectivity index (χ4v) is 5.53. The second-order valence-electron chi connectivity index (χ2n) is 8.20. The molecule has 2 aliphatic heterocycles. The van der Waals surface area contributed by atoms with Crippen LogP contribution in [0, 0.1) is 17.8 Å². The average Bonchev–Trinajstić information content (AvgIpc) is 2.47. The summed E-state index contributed by atoms with van der Waals surface area (Å²) < 4.78 is 5.75. The van der Waals surface area contributed by atoms with E-state index in [1.54, 1.807) is 0 Å². The van der Waals surface area contributed by atoms with Crippen LogP contribution in [0.3, 0.4) is 0 Å². The lowest BCUT2D eigenvalue weighted by Gasteiger charge is -2.52. The van der Waals surface area contributed by atoms with Crippen molar-refractivity contribution in [2.24, 2.45) is 17.8 Å². The third kappa shape index (κ3) is 2.23. The van der Waals surface area contributed by atoms with Gasteiger partial charge in [0.25, 0.3) is 0 Å². The Labute approximate surface area is 125 Å². The van der Waals surface area contributed by atoms with Gasteiger partial charge in [-0.2, -0.15) is 0 Å². The standard InChI is InChI=1S/C18H33NO/c1-13(2)10-16-15-8-6-5-7-9-17(15)19(14(3)4)18(16)11-20-12-18/h13-17H,5-12H2,1-4H3. The molecule has 1 aliphatic carbocycles. The summed E-state index contributed by atoms with van der Waals surface area (Å²) in [6.07, 6.45) is 8.64. The molecule has 0 aromatic carbocycles. The largest absolute Gasteiger partial charge is 0.377 e. The Morgan fingerprint density at radius 2 is 1.75 bits per heavy atom. The molecule has 3 aliphatic rings. The molecule has 0 amide bonds. The molecule has 3 atom stereocenters. The van der Waals surface area contributed by atoms with Crippen molar-refractivity contribution in [3.63, 3.8) is 0 Å². The molecule has 0 N–H and O–H groups in total. The quantitative estimate of drug-likeness (QED) is 0.771. The third-order valence-electron chi connectivity index (χ3n) is 6.10. The number of nitrogens with zero attached hydrogens (tertiary/aromatic N) is 1. The lowest BCUT2D eigenvalue weighted by molar-refractivity contribution is -0.161. The first-order valence-electron chi connectivity index (χ1n) is 8.92. The van der Waals surface area contributed by atoms with Gasteiger partial charge >= 0.3 is 0 Å². The number of rotatable bonds is 3. The molecule has 1 saturated carbocycles. The van der Waals surface area contributed by atoms with Gasteiger partial charge in [-0.25, -0.2) is 0 Å². The minimum Gasteiger partial charge on any atom is -0.377 e. The molecule has 116 valence electrons. The summed E-state index contributed by atoms with van der Waals surface area (Å²) in [5.74, 6) is 2.63. The summed E-state index contributed by atoms with van der Waals surface area (Å²) in [4.78, 5) is 2.90. The van der Waals surface area contributed by atoms with Crippen molar-refractivity contribution < 1.29 is 4.74 Å². The fourth-order valence-electron chi connectivity index (χ4n) is 5.53. The second kappa shape index (κ2) is 5.61. The van der Waals surface area contributed by atoms with Crippen molar-refractivity contribution in [1.29, 1.82) is 0 Å². The van der Waals surface area contributed by atoms with Crippen LogP contribution in [0.5, 0.6) is 0 Å². The highest BCUT2D eigenvalue weighted by atomic mass is 16.5. The molecule has 3 rings (SSSR count). The highest BCUT2D eigenvalue weighted by molar-refractivity contribution is 5.14. The number of ether oxygens (including phenoxy) is 1. The van der Waals surface area contributed by atoms with E-state index < -0.39 is 0 Å². The Morgan fingerprint density at radius 1 is 1.05 bits per heavy atom. The van der Waals surface area contributed by atoms with E-state index in [4.69, 9.17) is 4.74 Å². The van der Waals surface area contributed by atoms with E-state index in [0.29, 0.717) is 11.6 Å². The van der Waals surface area contributed by atoms with Gasteiger partial charge in [-0.3, -0.25) is 4.90 Å². The topological polar surface area (TPSA) is 12.5 Å². The van der Waals surface area contributed by atoms with E-state index in [2.05, 4.69) is 32.6 Å². The highest BCUT2D eigenvalue weighted by Crippen LogP contribution is 2.54. The molecule has 0 aromatic heterocycles. The van der Waals surface area contributed by atoms with E-state index in [1.807, 2.05) is 0 Å². The van der Waals surface area contributed by atoms with E-state index in [0.717, 1.165) is 37.0 Å². The lowest BCUT2D eigenvalue weighted by atomic mass is 9.72. The molecule has 2 saturated heterocycles. The van der Waals surface area contributed by atoms with Gasteiger partial charge in [0, 0.05) is 12.1 Å². The normalized spacial score (nSPS) is 37.2. The van der Waals surface area contributed by atoms with Crippen molar-refractivity contribution in [2.45, 2.75) is 83.8 Å². The second-order valence-corrected chi connectivity index (χ2v) is 8.20. The zero-order chi connectivity index (χ0) is 14.3. The Hall–Kier alpha value is -0.0800. The summed E-state index contributed by atoms with van der Waals surface area (Å²) in [6.45, 7) is 11.6. The number of hydrogen-bond donors (Lipinski definition) is 0. The molecule has 2 nitrogen and oxygen atoms in total. The minimum atomic E-state index is 0.394. The maximum absolute atomic E-state index is 5.75. The summed E-state index contributed by atoms with van der Waals surface area (Å²) in [6, 6.07) is 1.51. The first kappa shape index (κ1) is 14.8. The van der Waals surface area contributed by atoms with Crippen LogP contribution in [-0.4, -0.2) is 35.7 Å². The molecule has 0 radical (unpaired) electrons. The van der Waals surface area contributed by atoms with Crippen LogP contribution in [-0.2, 0) is 4.74 Å². The number of likely N-dealkylation sites (tertiary alicyclic amines) is 1. The van der Waals surface area contributed by atoms with Crippen LogP contribution in [0.2, 0.25) is 0 Å². The van der Waals surface area contributed by atoms with Gasteiger partial charge in [0.2, 0.25) is 0 Å². The van der Waals surface area contributed by atoms with Crippen LogP contribution in [0.15, 0.2) is 0 Å². The first-order chi connectivity index (χ1) is 9.56. The first-order valence-corrected chi connectivity index (χ1v) is 8.92. The smallest absolute Gasteiger partial charge is 0.0715 e. The van der Waals surface area contributed by atoms with E-state index in [-0.39, 0.29) is 0 Å². The molecule has 2 heteroatoms. The summed E-state index contributed by atoms with van der Waals surface area (Å²) in [5, 5.41) is 0. The number of fused-ring (bicyclic) bond motifs is 1. The van der Waals surface area contributed by atoms with Gasteiger partial charge in [-0.05, 0) is 50.9 Å². The Bertz CT molecular complexity index is 334. The van der Waals surface area contributed by atoms with Gasteiger partial charge in [0.05, 0.1) is 18.8 Å². The molecular weight excluding hydrogens is 246 g/mol. The molecule has 20 heavy (non-hydrogen) atoms. The number of hydrogen-bond acceptors (Lipinski definition) is 2. The molecule has 0 aromatic rings. The summed E-state index contributed by atoms with van der Waals surface area (Å²) >= 11 is 0. The molecular formula is C18H33NO. The van der Waals surface area contributed by atoms with Gasteiger partial charge in [-0.1, -0.05) is 33.1 Å². The molecule has 0 bridgehead atoms. The van der Waals surface area contributed by atoms with Crippen molar-refractivity contribution in [3.05, 3.63) is 0 Å². The average molecular weight is 279 g/mol. The van der Waals surface area contributed by atoms with Gasteiger partial charge in [0.15, 0.2) is 0 Å². The molecule has 1 spiro atoms. The Kier molecular flexibility index (Phi) is 4.16. The van der Waals surface area contributed by atoms with Crippen LogP contribution in [0.1, 0.15) is 66.2 Å². The highest BCUT2D eigenvalue weighted by Gasteiger charge is 2.62. The molecule has 3 fully saturated rings. The zero-order valence-corrected chi connectivity index (χ0v) is 13.9. The van der Waals surface area contributed by atoms with Crippen molar-refractivity contribution >= 4 is 0 Å². The predicted octanol–water partition coefficient (Wildman–Crippen LogP) is 4.09. The fraction of sp³-hybridized carbons (Fsp3) is 1.00. The van der Waals surface area contributed by atoms with Gasteiger partial charge < -0.3 is 4.74 Å². The van der Waals surface area contributed by atoms with Crippen molar-refractivity contribution in [2.75, 3.05) is 13.2 Å². The maximum Gasteiger partial charge on any atom is 0.0715 e. The Balaban J connectivity index is 1.92. The van der Waals surface area contributed by atoms with E-state index in [9.17, 15) is 0 Å². The minimum absolute atomic E-state index is 0.394. The van der Waals surface area contributed by atoms with Crippen molar-refractivity contribution in [3.8, 4) is 0 Å². The summed E-state index contributed by atoms with van der Waals surface area (Å²) in [7, 11) is 0. The third-order valence-corrected chi connectivity index (χ3v) is 6.10. The van der Waals surface area contributed by atoms with E-state index in [1.165, 1.54) is 38.5 Å². The summed E-state index contributed by atoms with van der Waals surface area (Å²) in [5.41, 5.74) is 0.394. The van der Waals surface area contributed by atoms with Gasteiger partial charge in [0.1, 0.15) is 0 Å². The predicted molar refractivity (Wildman–Crippen MR) is 83.8 cm³/mol. The zero-order valence-electron chi connectivity index (χ0n) is 13.9. The SMILES string of the molecule is CC(C)CC1C2CCCCCC2N(C(C)C)C12COC2. The van der Waals surface area contributed by atoms with Crippen LogP contribution >= 0.6 is 0 Å². The van der Waals surface area contributed by atoms with Crippen LogP contribution in [0.4, 0.5) is 0 Å². The van der Waals surface area contributed by atoms with E-state index >= 15 is 0 Å². The molecule has 2 heterocycles. The van der Waals surface area contributed by atoms with Gasteiger partial charge in [-0.15, -0.1) is 0 Å². The lowest BCUT2D eigenvalue weighted by Crippen LogP contribution is -2.65. The van der Waals surface area contributed by atoms with Crippen LogP contribution in [0.25, 0.3) is 0 Å². The Morgan fingerprint density at radius 3 is 2.30 bits per heavy atom.